The molecule has 0 saturated heterocycles. The van der Waals surface area contributed by atoms with Crippen molar-refractivity contribution in [3.63, 3.8) is 0 Å². The molecule has 4 nitrogen and oxygen atoms in total. The molecule has 0 aliphatic heterocycles. The second kappa shape index (κ2) is 6.56. The highest BCUT2D eigenvalue weighted by atomic mass is 32.2. The molecule has 0 amide bonds. The number of benzene rings is 2. The monoisotopic (exact) mass is 359 g/mol. The minimum Gasteiger partial charge on any atom is -0.396 e. The van der Waals surface area contributed by atoms with Crippen molar-refractivity contribution in [2.45, 2.75) is 36.3 Å². The Labute approximate surface area is 149 Å². The van der Waals surface area contributed by atoms with Crippen LogP contribution in [0.1, 0.15) is 29.5 Å². The lowest BCUT2D eigenvalue weighted by Gasteiger charge is -2.12. The van der Waals surface area contributed by atoms with Crippen molar-refractivity contribution >= 4 is 9.84 Å². The Kier molecular flexibility index (Phi) is 4.75. The molecule has 25 heavy (non-hydrogen) atoms. The van der Waals surface area contributed by atoms with Crippen LogP contribution in [-0.2, 0) is 16.3 Å². The lowest BCUT2D eigenvalue weighted by atomic mass is 9.99. The molecule has 1 fully saturated rings. The Morgan fingerprint density at radius 1 is 1.08 bits per heavy atom. The molecule has 2 aromatic carbocycles. The van der Waals surface area contributed by atoms with Crippen LogP contribution in [0.2, 0.25) is 0 Å². The predicted octanol–water partition coefficient (Wildman–Crippen LogP) is 2.43. The van der Waals surface area contributed by atoms with Crippen LogP contribution in [0.4, 0.5) is 0 Å². The molecule has 3 atom stereocenters. The quantitative estimate of drug-likeness (QED) is 0.830. The summed E-state index contributed by atoms with van der Waals surface area (Å²) in [6.45, 7) is 3.90. The Morgan fingerprint density at radius 2 is 1.68 bits per heavy atom. The number of aliphatic hydroxyl groups excluding tert-OH is 1. The van der Waals surface area contributed by atoms with Crippen LogP contribution in [-0.4, -0.2) is 31.9 Å². The van der Waals surface area contributed by atoms with E-state index in [0.717, 1.165) is 17.5 Å². The first-order valence-electron chi connectivity index (χ1n) is 8.61. The second-order valence-corrected chi connectivity index (χ2v) is 9.02. The summed E-state index contributed by atoms with van der Waals surface area (Å²) in [6, 6.07) is 14.8. The van der Waals surface area contributed by atoms with Gasteiger partial charge in [0.2, 0.25) is 0 Å². The van der Waals surface area contributed by atoms with Gasteiger partial charge in [-0.1, -0.05) is 48.9 Å². The number of aryl methyl sites for hydroxylation is 2. The van der Waals surface area contributed by atoms with E-state index in [2.05, 4.69) is 6.92 Å². The lowest BCUT2D eigenvalue weighted by Crippen LogP contribution is -2.27. The molecule has 3 rings (SSSR count). The van der Waals surface area contributed by atoms with E-state index < -0.39 is 20.5 Å². The first-order chi connectivity index (χ1) is 11.9. The molecule has 3 N–H and O–H groups in total. The molecule has 1 saturated carbocycles. The summed E-state index contributed by atoms with van der Waals surface area (Å²) in [7, 11) is -3.57. The van der Waals surface area contributed by atoms with Crippen LogP contribution in [0.15, 0.2) is 53.4 Å². The van der Waals surface area contributed by atoms with E-state index in [1.807, 2.05) is 31.2 Å². The van der Waals surface area contributed by atoms with Gasteiger partial charge in [0, 0.05) is 17.9 Å². The smallest absolute Gasteiger partial charge is 0.182 e. The van der Waals surface area contributed by atoms with E-state index in [-0.39, 0.29) is 19.1 Å². The predicted molar refractivity (Wildman–Crippen MR) is 99.3 cm³/mol. The van der Waals surface area contributed by atoms with Crippen molar-refractivity contribution in [2.75, 3.05) is 13.2 Å². The second-order valence-electron chi connectivity index (χ2n) is 6.95. The Balaban J connectivity index is 2.02. The van der Waals surface area contributed by atoms with E-state index in [1.165, 1.54) is 5.56 Å². The van der Waals surface area contributed by atoms with Gasteiger partial charge in [0.05, 0.1) is 16.8 Å². The van der Waals surface area contributed by atoms with Gasteiger partial charge in [-0.3, -0.25) is 0 Å². The Bertz CT molecular complexity index is 838. The summed E-state index contributed by atoms with van der Waals surface area (Å²) in [5, 5.41) is 9.28. The number of aliphatic hydroxyl groups is 1. The first-order valence-corrected chi connectivity index (χ1v) is 10.2. The van der Waals surface area contributed by atoms with Gasteiger partial charge < -0.3 is 10.8 Å². The zero-order chi connectivity index (χ0) is 18.2. The fourth-order valence-corrected chi connectivity index (χ4v) is 6.23. The highest BCUT2D eigenvalue weighted by Crippen LogP contribution is 2.63. The number of nitrogens with two attached hydrogens (primary N) is 1. The van der Waals surface area contributed by atoms with Gasteiger partial charge in [-0.2, -0.15) is 0 Å². The standard InChI is InChI=1S/C20H25NO3S/c1-3-15-6-8-16(9-7-15)18-19(20(18,12-21)13-22)25(23,24)17-10-4-14(2)5-11-17/h4-11,18-19,22H,3,12-13,21H2,1-2H3/t18-,19+,20-/m1/s1. The maximum atomic E-state index is 13.2. The number of sulfone groups is 1. The fraction of sp³-hybridized carbons (Fsp3) is 0.400. The molecule has 5 heteroatoms. The molecule has 2 aromatic rings. The zero-order valence-corrected chi connectivity index (χ0v) is 15.5. The minimum absolute atomic E-state index is 0.138. The van der Waals surface area contributed by atoms with Crippen molar-refractivity contribution < 1.29 is 13.5 Å². The normalized spacial score (nSPS) is 25.8. The van der Waals surface area contributed by atoms with Crippen LogP contribution in [0, 0.1) is 12.3 Å². The van der Waals surface area contributed by atoms with Crippen molar-refractivity contribution in [3.05, 3.63) is 65.2 Å². The van der Waals surface area contributed by atoms with E-state index in [0.29, 0.717) is 4.90 Å². The zero-order valence-electron chi connectivity index (χ0n) is 14.6. The molecule has 0 unspecified atom stereocenters. The molecule has 1 aliphatic carbocycles. The van der Waals surface area contributed by atoms with Gasteiger partial charge >= 0.3 is 0 Å². The summed E-state index contributed by atoms with van der Waals surface area (Å²) in [5.74, 6) is -0.278. The average molecular weight is 359 g/mol. The topological polar surface area (TPSA) is 80.4 Å². The van der Waals surface area contributed by atoms with Gasteiger partial charge in [-0.15, -0.1) is 0 Å². The molecule has 0 heterocycles. The van der Waals surface area contributed by atoms with Crippen LogP contribution >= 0.6 is 0 Å². The summed E-state index contributed by atoms with van der Waals surface area (Å²) in [4.78, 5) is 0.294. The van der Waals surface area contributed by atoms with Crippen molar-refractivity contribution in [1.29, 1.82) is 0 Å². The van der Waals surface area contributed by atoms with E-state index >= 15 is 0 Å². The highest BCUT2D eigenvalue weighted by molar-refractivity contribution is 7.92. The van der Waals surface area contributed by atoms with Gasteiger partial charge in [0.1, 0.15) is 0 Å². The third-order valence-electron chi connectivity index (χ3n) is 5.48. The molecular weight excluding hydrogens is 334 g/mol. The number of rotatable bonds is 6. The third kappa shape index (κ3) is 2.90. The average Bonchev–Trinajstić information content (AvgIpc) is 3.33. The van der Waals surface area contributed by atoms with Crippen LogP contribution in [0.5, 0.6) is 0 Å². The largest absolute Gasteiger partial charge is 0.396 e. The molecule has 0 bridgehead atoms. The highest BCUT2D eigenvalue weighted by Gasteiger charge is 2.70. The fourth-order valence-electron chi connectivity index (χ4n) is 3.78. The molecule has 0 spiro atoms. The minimum atomic E-state index is -3.57. The van der Waals surface area contributed by atoms with Crippen LogP contribution in [0.3, 0.4) is 0 Å². The Hall–Kier alpha value is -1.69. The summed E-state index contributed by atoms with van der Waals surface area (Å²) in [5.41, 5.74) is 8.25. The lowest BCUT2D eigenvalue weighted by molar-refractivity contribution is 0.212. The van der Waals surface area contributed by atoms with Crippen molar-refractivity contribution in [2.24, 2.45) is 11.1 Å². The number of hydrogen-bond acceptors (Lipinski definition) is 4. The van der Waals surface area contributed by atoms with Crippen molar-refractivity contribution in [3.8, 4) is 0 Å². The van der Waals surface area contributed by atoms with Gasteiger partial charge in [-0.05, 0) is 36.6 Å². The summed E-state index contributed by atoms with van der Waals surface area (Å²) >= 11 is 0. The molecular formula is C20H25NO3S. The van der Waals surface area contributed by atoms with Gasteiger partial charge in [0.25, 0.3) is 0 Å². The Morgan fingerprint density at radius 3 is 2.16 bits per heavy atom. The maximum Gasteiger partial charge on any atom is 0.182 e. The SMILES string of the molecule is CCc1ccc([C@@H]2[C@H](S(=O)(=O)c3ccc(C)cc3)[C@]2(CN)CO)cc1. The van der Waals surface area contributed by atoms with E-state index in [1.54, 1.807) is 24.3 Å². The van der Waals surface area contributed by atoms with E-state index in [4.69, 9.17) is 5.73 Å². The van der Waals surface area contributed by atoms with Gasteiger partial charge in [0.15, 0.2) is 9.84 Å². The van der Waals surface area contributed by atoms with E-state index in [9.17, 15) is 13.5 Å². The molecule has 0 radical (unpaired) electrons. The van der Waals surface area contributed by atoms with Crippen LogP contribution in [0.25, 0.3) is 0 Å². The third-order valence-corrected chi connectivity index (χ3v) is 7.82. The number of hydrogen-bond donors (Lipinski definition) is 2. The molecule has 1 aliphatic rings. The first kappa shape index (κ1) is 18.1. The maximum absolute atomic E-state index is 13.2. The molecule has 0 aromatic heterocycles. The van der Waals surface area contributed by atoms with Crippen molar-refractivity contribution in [1.82, 2.24) is 0 Å². The summed E-state index contributed by atoms with van der Waals surface area (Å²) < 4.78 is 26.4. The molecule has 134 valence electrons. The van der Waals surface area contributed by atoms with Gasteiger partial charge in [-0.25, -0.2) is 8.42 Å². The summed E-state index contributed by atoms with van der Waals surface area (Å²) in [6.07, 6.45) is 0.929. The van der Waals surface area contributed by atoms with Crippen LogP contribution < -0.4 is 5.73 Å².